The summed E-state index contributed by atoms with van der Waals surface area (Å²) >= 11 is 0. The average molecular weight is 346 g/mol. The second kappa shape index (κ2) is 8.92. The Morgan fingerprint density at radius 3 is 2.48 bits per heavy atom. The topological polar surface area (TPSA) is 69.9 Å². The molecule has 0 bridgehead atoms. The molecule has 25 heavy (non-hydrogen) atoms. The van der Waals surface area contributed by atoms with E-state index in [2.05, 4.69) is 10.6 Å². The van der Waals surface area contributed by atoms with Gasteiger partial charge in [-0.05, 0) is 37.8 Å². The number of carbonyl (C=O) groups excluding carboxylic acids is 1. The highest BCUT2D eigenvalue weighted by Crippen LogP contribution is 2.18. The van der Waals surface area contributed by atoms with E-state index in [0.29, 0.717) is 18.6 Å². The highest BCUT2D eigenvalue weighted by molar-refractivity contribution is 5.80. The molecular formula is C19H30N4O2. The minimum absolute atomic E-state index is 0.176. The number of rotatable bonds is 5. The van der Waals surface area contributed by atoms with E-state index in [0.717, 1.165) is 44.1 Å². The average Bonchev–Trinajstić information content (AvgIpc) is 3.29. The van der Waals surface area contributed by atoms with E-state index in [1.165, 1.54) is 25.7 Å². The lowest BCUT2D eigenvalue weighted by Crippen LogP contribution is -2.51. The SMILES string of the molecule is CC(=O)N1CCC(NC(=NCCc2ccco2)NC2CCCC2)CC1. The largest absolute Gasteiger partial charge is 0.469 e. The summed E-state index contributed by atoms with van der Waals surface area (Å²) in [6, 6.07) is 4.82. The monoisotopic (exact) mass is 346 g/mol. The number of furan rings is 1. The van der Waals surface area contributed by atoms with Crippen molar-refractivity contribution in [3.63, 3.8) is 0 Å². The zero-order chi connectivity index (χ0) is 17.5. The van der Waals surface area contributed by atoms with Gasteiger partial charge in [0.1, 0.15) is 5.76 Å². The fourth-order valence-corrected chi connectivity index (χ4v) is 3.66. The van der Waals surface area contributed by atoms with Gasteiger partial charge in [0.25, 0.3) is 0 Å². The van der Waals surface area contributed by atoms with Gasteiger partial charge in [-0.3, -0.25) is 9.79 Å². The van der Waals surface area contributed by atoms with Crippen LogP contribution >= 0.6 is 0 Å². The Morgan fingerprint density at radius 2 is 1.88 bits per heavy atom. The zero-order valence-corrected chi connectivity index (χ0v) is 15.2. The first-order chi connectivity index (χ1) is 12.2. The van der Waals surface area contributed by atoms with Crippen LogP contribution in [-0.4, -0.2) is 48.5 Å². The molecule has 2 heterocycles. The molecule has 1 saturated heterocycles. The van der Waals surface area contributed by atoms with Crippen LogP contribution in [0.5, 0.6) is 0 Å². The fourth-order valence-electron chi connectivity index (χ4n) is 3.66. The summed E-state index contributed by atoms with van der Waals surface area (Å²) in [5, 5.41) is 7.20. The predicted molar refractivity (Wildman–Crippen MR) is 98.5 cm³/mol. The minimum atomic E-state index is 0.176. The predicted octanol–water partition coefficient (Wildman–Crippen LogP) is 2.31. The van der Waals surface area contributed by atoms with Gasteiger partial charge in [0.05, 0.1) is 6.26 Å². The number of likely N-dealkylation sites (tertiary alicyclic amines) is 1. The third kappa shape index (κ3) is 5.51. The van der Waals surface area contributed by atoms with Crippen molar-refractivity contribution in [3.05, 3.63) is 24.2 Å². The van der Waals surface area contributed by atoms with Gasteiger partial charge in [-0.1, -0.05) is 12.8 Å². The Balaban J connectivity index is 1.53. The molecule has 1 amide bonds. The van der Waals surface area contributed by atoms with Crippen LogP contribution in [0.25, 0.3) is 0 Å². The minimum Gasteiger partial charge on any atom is -0.469 e. The first-order valence-electron chi connectivity index (χ1n) is 9.56. The van der Waals surface area contributed by atoms with Crippen molar-refractivity contribution < 1.29 is 9.21 Å². The van der Waals surface area contributed by atoms with Crippen molar-refractivity contribution in [2.24, 2.45) is 4.99 Å². The first kappa shape index (κ1) is 17.8. The van der Waals surface area contributed by atoms with Crippen molar-refractivity contribution in [3.8, 4) is 0 Å². The maximum Gasteiger partial charge on any atom is 0.219 e. The van der Waals surface area contributed by atoms with Crippen molar-refractivity contribution in [2.45, 2.75) is 64.0 Å². The van der Waals surface area contributed by atoms with Crippen molar-refractivity contribution in [1.82, 2.24) is 15.5 Å². The van der Waals surface area contributed by atoms with Gasteiger partial charge in [0, 0.05) is 45.1 Å². The Morgan fingerprint density at radius 1 is 1.20 bits per heavy atom. The molecule has 2 fully saturated rings. The number of hydrogen-bond donors (Lipinski definition) is 2. The quantitative estimate of drug-likeness (QED) is 0.634. The molecule has 3 rings (SSSR count). The molecular weight excluding hydrogens is 316 g/mol. The van der Waals surface area contributed by atoms with Crippen molar-refractivity contribution in [2.75, 3.05) is 19.6 Å². The fraction of sp³-hybridized carbons (Fsp3) is 0.684. The Kier molecular flexibility index (Phi) is 6.36. The summed E-state index contributed by atoms with van der Waals surface area (Å²) in [6.07, 6.45) is 9.52. The summed E-state index contributed by atoms with van der Waals surface area (Å²) < 4.78 is 5.39. The number of nitrogens with one attached hydrogen (secondary N) is 2. The molecule has 0 spiro atoms. The Labute approximate surface area is 150 Å². The maximum atomic E-state index is 11.5. The number of hydrogen-bond acceptors (Lipinski definition) is 3. The molecule has 2 N–H and O–H groups in total. The van der Waals surface area contributed by atoms with Crippen LogP contribution in [0.4, 0.5) is 0 Å². The summed E-state index contributed by atoms with van der Waals surface area (Å²) in [5.41, 5.74) is 0. The third-order valence-corrected chi connectivity index (χ3v) is 5.19. The van der Waals surface area contributed by atoms with Gasteiger partial charge in [-0.25, -0.2) is 0 Å². The van der Waals surface area contributed by atoms with E-state index in [9.17, 15) is 4.79 Å². The van der Waals surface area contributed by atoms with Crippen LogP contribution in [0, 0.1) is 0 Å². The van der Waals surface area contributed by atoms with Gasteiger partial charge in [0.2, 0.25) is 5.91 Å². The van der Waals surface area contributed by atoms with Crippen LogP contribution in [0.15, 0.2) is 27.8 Å². The second-order valence-corrected chi connectivity index (χ2v) is 7.11. The van der Waals surface area contributed by atoms with Crippen molar-refractivity contribution in [1.29, 1.82) is 0 Å². The number of nitrogens with zero attached hydrogens (tertiary/aromatic N) is 2. The number of piperidine rings is 1. The smallest absolute Gasteiger partial charge is 0.219 e. The molecule has 2 aliphatic rings. The van der Waals surface area contributed by atoms with Crippen LogP contribution in [0.1, 0.15) is 51.2 Å². The Hall–Kier alpha value is -1.98. The summed E-state index contributed by atoms with van der Waals surface area (Å²) in [7, 11) is 0. The maximum absolute atomic E-state index is 11.5. The second-order valence-electron chi connectivity index (χ2n) is 7.11. The highest BCUT2D eigenvalue weighted by Gasteiger charge is 2.23. The molecule has 138 valence electrons. The third-order valence-electron chi connectivity index (χ3n) is 5.19. The summed E-state index contributed by atoms with van der Waals surface area (Å²) in [4.78, 5) is 18.2. The zero-order valence-electron chi connectivity index (χ0n) is 15.2. The molecule has 0 radical (unpaired) electrons. The Bertz CT molecular complexity index is 556. The molecule has 0 unspecified atom stereocenters. The van der Waals surface area contributed by atoms with Crippen LogP contribution in [0.3, 0.4) is 0 Å². The molecule has 1 saturated carbocycles. The van der Waals surface area contributed by atoms with E-state index < -0.39 is 0 Å². The van der Waals surface area contributed by atoms with Gasteiger partial charge < -0.3 is 20.0 Å². The molecule has 1 aliphatic carbocycles. The van der Waals surface area contributed by atoms with Gasteiger partial charge in [0.15, 0.2) is 5.96 Å². The lowest BCUT2D eigenvalue weighted by Gasteiger charge is -2.33. The standard InChI is InChI=1S/C19H30N4O2/c1-15(24)23-12-9-17(10-13-23)22-19(21-16-5-2-3-6-16)20-11-8-18-7-4-14-25-18/h4,7,14,16-17H,2-3,5-6,8-13H2,1H3,(H2,20,21,22). The normalized spacial score (nSPS) is 20.0. The van der Waals surface area contributed by atoms with E-state index in [1.54, 1.807) is 13.2 Å². The summed E-state index contributed by atoms with van der Waals surface area (Å²) in [6.45, 7) is 4.02. The molecule has 1 aromatic heterocycles. The van der Waals surface area contributed by atoms with Crippen molar-refractivity contribution >= 4 is 11.9 Å². The van der Waals surface area contributed by atoms with Crippen LogP contribution in [0.2, 0.25) is 0 Å². The van der Waals surface area contributed by atoms with Gasteiger partial charge >= 0.3 is 0 Å². The van der Waals surface area contributed by atoms with Gasteiger partial charge in [-0.2, -0.15) is 0 Å². The molecule has 0 aromatic carbocycles. The molecule has 1 aromatic rings. The number of carbonyl (C=O) groups is 1. The van der Waals surface area contributed by atoms with E-state index in [-0.39, 0.29) is 5.91 Å². The summed E-state index contributed by atoms with van der Waals surface area (Å²) in [5.74, 6) is 2.06. The van der Waals surface area contributed by atoms with E-state index in [1.807, 2.05) is 17.0 Å². The lowest BCUT2D eigenvalue weighted by atomic mass is 10.1. The first-order valence-corrected chi connectivity index (χ1v) is 9.56. The molecule has 1 aliphatic heterocycles. The number of guanidine groups is 1. The number of amides is 1. The van der Waals surface area contributed by atoms with Crippen LogP contribution in [-0.2, 0) is 11.2 Å². The lowest BCUT2D eigenvalue weighted by molar-refractivity contribution is -0.129. The van der Waals surface area contributed by atoms with E-state index >= 15 is 0 Å². The highest BCUT2D eigenvalue weighted by atomic mass is 16.3. The van der Waals surface area contributed by atoms with Crippen LogP contribution < -0.4 is 10.6 Å². The van der Waals surface area contributed by atoms with Gasteiger partial charge in [-0.15, -0.1) is 0 Å². The molecule has 6 heteroatoms. The number of aliphatic imine (C=N–C) groups is 1. The van der Waals surface area contributed by atoms with E-state index in [4.69, 9.17) is 9.41 Å². The molecule has 0 atom stereocenters. The molecule has 6 nitrogen and oxygen atoms in total.